The van der Waals surface area contributed by atoms with E-state index in [1.165, 1.54) is 6.33 Å². The number of ether oxygens (including phenoxy) is 2. The number of carbonyl (C=O) groups is 1. The molecule has 0 spiro atoms. The van der Waals surface area contributed by atoms with Gasteiger partial charge in [0.15, 0.2) is 0 Å². The summed E-state index contributed by atoms with van der Waals surface area (Å²) < 4.78 is 12.8. The number of amides is 1. The summed E-state index contributed by atoms with van der Waals surface area (Å²) in [6, 6.07) is 24.7. The summed E-state index contributed by atoms with van der Waals surface area (Å²) in [4.78, 5) is 20.1. The van der Waals surface area contributed by atoms with Crippen molar-refractivity contribution < 1.29 is 14.3 Å². The Labute approximate surface area is 192 Å². The number of aromatic nitrogens is 3. The number of anilines is 1. The number of hydrogen-bond acceptors (Lipinski definition) is 5. The van der Waals surface area contributed by atoms with Crippen LogP contribution in [0.2, 0.25) is 0 Å². The molecular formula is C26H24N4O3. The highest BCUT2D eigenvalue weighted by Gasteiger charge is 2.40. The molecule has 5 rings (SSSR count). The number of para-hydroxylation sites is 1. The molecule has 4 aromatic rings. The summed E-state index contributed by atoms with van der Waals surface area (Å²) in [5.74, 6) is 1.75. The van der Waals surface area contributed by atoms with Crippen molar-refractivity contribution in [3.63, 3.8) is 0 Å². The van der Waals surface area contributed by atoms with E-state index in [0.717, 1.165) is 16.9 Å². The van der Waals surface area contributed by atoms with Crippen molar-refractivity contribution in [3.8, 4) is 11.5 Å². The molecule has 0 radical (unpaired) electrons. The maximum Gasteiger partial charge on any atom is 0.261 e. The van der Waals surface area contributed by atoms with Gasteiger partial charge in [-0.1, -0.05) is 54.6 Å². The lowest BCUT2D eigenvalue weighted by atomic mass is 9.91. The average molecular weight is 441 g/mol. The Morgan fingerprint density at radius 3 is 2.48 bits per heavy atom. The van der Waals surface area contributed by atoms with Crippen LogP contribution in [0.5, 0.6) is 11.5 Å². The van der Waals surface area contributed by atoms with Crippen molar-refractivity contribution in [1.82, 2.24) is 14.8 Å². The van der Waals surface area contributed by atoms with E-state index in [-0.39, 0.29) is 18.0 Å². The van der Waals surface area contributed by atoms with Gasteiger partial charge in [-0.2, -0.15) is 10.1 Å². The first-order valence-electron chi connectivity index (χ1n) is 10.8. The Morgan fingerprint density at radius 2 is 1.70 bits per heavy atom. The van der Waals surface area contributed by atoms with Gasteiger partial charge in [0.2, 0.25) is 5.95 Å². The first kappa shape index (κ1) is 20.8. The molecule has 3 aromatic carbocycles. The van der Waals surface area contributed by atoms with Crippen molar-refractivity contribution in [2.75, 3.05) is 19.1 Å². The van der Waals surface area contributed by atoms with Crippen LogP contribution in [0.25, 0.3) is 0 Å². The Kier molecular flexibility index (Phi) is 5.52. The molecule has 2 unspecified atom stereocenters. The molecule has 0 fully saturated rings. The molecule has 1 aromatic heterocycles. The van der Waals surface area contributed by atoms with Crippen LogP contribution < -0.4 is 14.4 Å². The topological polar surface area (TPSA) is 69.5 Å². The summed E-state index contributed by atoms with van der Waals surface area (Å²) in [6.07, 6.45) is 2.12. The zero-order valence-electron chi connectivity index (χ0n) is 18.5. The highest BCUT2D eigenvalue weighted by molar-refractivity contribution is 6.06. The van der Waals surface area contributed by atoms with Gasteiger partial charge in [-0.05, 0) is 36.2 Å². The van der Waals surface area contributed by atoms with Gasteiger partial charge >= 0.3 is 0 Å². The zero-order chi connectivity index (χ0) is 22.8. The smallest absolute Gasteiger partial charge is 0.261 e. The van der Waals surface area contributed by atoms with Crippen LogP contribution in [0, 0.1) is 0 Å². The molecule has 0 saturated heterocycles. The molecule has 0 bridgehead atoms. The number of methoxy groups -OCH3 is 2. The molecule has 166 valence electrons. The maximum absolute atomic E-state index is 13.8. The summed E-state index contributed by atoms with van der Waals surface area (Å²) in [7, 11) is 3.25. The molecular weight excluding hydrogens is 416 g/mol. The fourth-order valence-corrected chi connectivity index (χ4v) is 4.48. The molecule has 0 aliphatic carbocycles. The Balaban J connectivity index is 1.66. The van der Waals surface area contributed by atoms with E-state index >= 15 is 0 Å². The fraction of sp³-hybridized carbons (Fsp3) is 0.192. The van der Waals surface area contributed by atoms with Crippen LogP contribution in [0.1, 0.15) is 40.0 Å². The molecule has 0 N–H and O–H groups in total. The molecule has 2 atom stereocenters. The van der Waals surface area contributed by atoms with Gasteiger partial charge in [-0.15, -0.1) is 0 Å². The third-order valence-electron chi connectivity index (χ3n) is 6.04. The minimum Gasteiger partial charge on any atom is -0.497 e. The van der Waals surface area contributed by atoms with Gasteiger partial charge in [0.1, 0.15) is 17.8 Å². The van der Waals surface area contributed by atoms with E-state index in [4.69, 9.17) is 9.47 Å². The molecule has 2 heterocycles. The number of carbonyl (C=O) groups excluding carboxylic acids is 1. The summed E-state index contributed by atoms with van der Waals surface area (Å²) in [5, 5.41) is 4.51. The minimum atomic E-state index is -0.239. The quantitative estimate of drug-likeness (QED) is 0.451. The van der Waals surface area contributed by atoms with Crippen molar-refractivity contribution in [2.45, 2.75) is 18.5 Å². The summed E-state index contributed by atoms with van der Waals surface area (Å²) in [5.41, 5.74) is 2.56. The Hall–Kier alpha value is -4.13. The number of hydrogen-bond donors (Lipinski definition) is 0. The van der Waals surface area contributed by atoms with Gasteiger partial charge in [0.05, 0.1) is 26.3 Å². The first-order valence-corrected chi connectivity index (χ1v) is 10.8. The second-order valence-corrected chi connectivity index (χ2v) is 7.83. The number of benzene rings is 3. The van der Waals surface area contributed by atoms with E-state index in [1.807, 2.05) is 71.4 Å². The lowest BCUT2D eigenvalue weighted by molar-refractivity contribution is 0.0962. The van der Waals surface area contributed by atoms with Crippen molar-refractivity contribution >= 4 is 11.9 Å². The predicted molar refractivity (Wildman–Crippen MR) is 125 cm³/mol. The van der Waals surface area contributed by atoms with Crippen LogP contribution in [-0.2, 0) is 0 Å². The van der Waals surface area contributed by atoms with Gasteiger partial charge in [0.25, 0.3) is 5.91 Å². The van der Waals surface area contributed by atoms with Gasteiger partial charge < -0.3 is 9.47 Å². The summed E-state index contributed by atoms with van der Waals surface area (Å²) >= 11 is 0. The van der Waals surface area contributed by atoms with E-state index in [0.29, 0.717) is 23.7 Å². The predicted octanol–water partition coefficient (Wildman–Crippen LogP) is 4.68. The third-order valence-corrected chi connectivity index (χ3v) is 6.04. The SMILES string of the molecule is COc1cccc(C(=O)N2c3ncnn3C(c3ccccc3OC)CC2c2ccccc2)c1. The fourth-order valence-electron chi connectivity index (χ4n) is 4.48. The molecule has 7 heteroatoms. The highest BCUT2D eigenvalue weighted by Crippen LogP contribution is 2.44. The van der Waals surface area contributed by atoms with Crippen LogP contribution >= 0.6 is 0 Å². The Bertz CT molecular complexity index is 1270. The van der Waals surface area contributed by atoms with Crippen molar-refractivity contribution in [2.24, 2.45) is 0 Å². The van der Waals surface area contributed by atoms with Crippen molar-refractivity contribution in [1.29, 1.82) is 0 Å². The Morgan fingerprint density at radius 1 is 0.909 bits per heavy atom. The maximum atomic E-state index is 13.8. The van der Waals surface area contributed by atoms with Crippen LogP contribution in [0.4, 0.5) is 5.95 Å². The van der Waals surface area contributed by atoms with Gasteiger partial charge in [-0.25, -0.2) is 4.68 Å². The number of nitrogens with zero attached hydrogens (tertiary/aromatic N) is 4. The van der Waals surface area contributed by atoms with E-state index in [9.17, 15) is 4.79 Å². The number of rotatable bonds is 5. The van der Waals surface area contributed by atoms with Gasteiger partial charge in [0, 0.05) is 11.1 Å². The largest absolute Gasteiger partial charge is 0.497 e. The number of fused-ring (bicyclic) bond motifs is 1. The monoisotopic (exact) mass is 440 g/mol. The standard InChI is InChI=1S/C26H24N4O3/c1-32-20-12-8-11-19(15-20)25(31)29-22(18-9-4-3-5-10-18)16-23(30-26(29)27-17-28-30)21-13-6-7-14-24(21)33-2/h3-15,17,22-23H,16H2,1-2H3. The van der Waals surface area contributed by atoms with E-state index in [2.05, 4.69) is 10.1 Å². The zero-order valence-corrected chi connectivity index (χ0v) is 18.5. The lowest BCUT2D eigenvalue weighted by Crippen LogP contribution is -2.42. The normalized spacial score (nSPS) is 17.3. The first-order chi connectivity index (χ1) is 16.2. The molecule has 33 heavy (non-hydrogen) atoms. The molecule has 0 saturated carbocycles. The van der Waals surface area contributed by atoms with Crippen LogP contribution in [-0.4, -0.2) is 34.9 Å². The average Bonchev–Trinajstić information content (AvgIpc) is 3.38. The third kappa shape index (κ3) is 3.71. The van der Waals surface area contributed by atoms with Crippen LogP contribution in [0.15, 0.2) is 85.2 Å². The highest BCUT2D eigenvalue weighted by atomic mass is 16.5. The van der Waals surface area contributed by atoms with E-state index in [1.54, 1.807) is 31.3 Å². The molecule has 1 aliphatic heterocycles. The second kappa shape index (κ2) is 8.78. The summed E-state index contributed by atoms with van der Waals surface area (Å²) in [6.45, 7) is 0. The van der Waals surface area contributed by atoms with E-state index < -0.39 is 0 Å². The lowest BCUT2D eigenvalue weighted by Gasteiger charge is -2.39. The second-order valence-electron chi connectivity index (χ2n) is 7.83. The molecule has 1 amide bonds. The van der Waals surface area contributed by atoms with Crippen molar-refractivity contribution in [3.05, 3.63) is 102 Å². The van der Waals surface area contributed by atoms with Gasteiger partial charge in [-0.3, -0.25) is 9.69 Å². The minimum absolute atomic E-state index is 0.141. The molecule has 7 nitrogen and oxygen atoms in total. The van der Waals surface area contributed by atoms with Crippen LogP contribution in [0.3, 0.4) is 0 Å². The molecule has 1 aliphatic rings.